The van der Waals surface area contributed by atoms with Gasteiger partial charge in [0, 0.05) is 19.6 Å². The Morgan fingerprint density at radius 3 is 2.61 bits per heavy atom. The summed E-state index contributed by atoms with van der Waals surface area (Å²) in [4.78, 5) is 11.7. The molecule has 5 nitrogen and oxygen atoms in total. The van der Waals surface area contributed by atoms with Crippen molar-refractivity contribution in [2.75, 3.05) is 26.9 Å². The Balaban J connectivity index is 2.53. The first-order valence-electron chi connectivity index (χ1n) is 6.32. The predicted molar refractivity (Wildman–Crippen MR) is 65.8 cm³/mol. The molecule has 1 aliphatic rings. The van der Waals surface area contributed by atoms with Crippen molar-refractivity contribution in [2.45, 2.75) is 33.5 Å². The van der Waals surface area contributed by atoms with Crippen molar-refractivity contribution in [3.63, 3.8) is 0 Å². The van der Waals surface area contributed by atoms with Crippen LogP contribution in [0.1, 0.15) is 27.2 Å². The van der Waals surface area contributed by atoms with E-state index < -0.39 is 5.41 Å². The quantitative estimate of drug-likeness (QED) is 0.752. The number of aliphatic hydroxyl groups excluding tert-OH is 1. The number of carbonyl (C=O) groups excluding carboxylic acids is 1. The molecule has 0 aromatic carbocycles. The average Bonchev–Trinajstić information content (AvgIpc) is 2.67. The highest BCUT2D eigenvalue weighted by Crippen LogP contribution is 2.31. The highest BCUT2D eigenvalue weighted by Gasteiger charge is 2.38. The third kappa shape index (κ3) is 3.93. The highest BCUT2D eigenvalue weighted by molar-refractivity contribution is 5.75. The Labute approximate surface area is 108 Å². The molecule has 1 fully saturated rings. The molecule has 0 saturated carbocycles. The zero-order valence-corrected chi connectivity index (χ0v) is 11.6. The summed E-state index contributed by atoms with van der Waals surface area (Å²) in [5.41, 5.74) is -0.505. The van der Waals surface area contributed by atoms with E-state index in [-0.39, 0.29) is 37.3 Å². The molecule has 0 aromatic rings. The van der Waals surface area contributed by atoms with Crippen molar-refractivity contribution in [3.05, 3.63) is 0 Å². The summed E-state index contributed by atoms with van der Waals surface area (Å²) >= 11 is 0. The molecule has 0 aromatic heterocycles. The van der Waals surface area contributed by atoms with Crippen LogP contribution in [0.15, 0.2) is 0 Å². The van der Waals surface area contributed by atoms with Gasteiger partial charge in [-0.05, 0) is 33.1 Å². The lowest BCUT2D eigenvalue weighted by Crippen LogP contribution is -2.31. The SMILES string of the molecule is COC1OCC(CCO)C1COC(=O)C(C)(C)C. The van der Waals surface area contributed by atoms with Crippen LogP contribution in [0.4, 0.5) is 0 Å². The van der Waals surface area contributed by atoms with Gasteiger partial charge in [0.25, 0.3) is 0 Å². The van der Waals surface area contributed by atoms with Gasteiger partial charge in [-0.25, -0.2) is 0 Å². The lowest BCUT2D eigenvalue weighted by molar-refractivity contribution is -0.161. The first-order valence-corrected chi connectivity index (χ1v) is 6.32. The molecule has 0 bridgehead atoms. The van der Waals surface area contributed by atoms with E-state index in [4.69, 9.17) is 19.3 Å². The zero-order chi connectivity index (χ0) is 13.8. The number of hydrogen-bond donors (Lipinski definition) is 1. The van der Waals surface area contributed by atoms with Gasteiger partial charge in [-0.2, -0.15) is 0 Å². The van der Waals surface area contributed by atoms with Crippen molar-refractivity contribution in [2.24, 2.45) is 17.3 Å². The lowest BCUT2D eigenvalue weighted by atomic mass is 9.92. The van der Waals surface area contributed by atoms with E-state index in [0.717, 1.165) is 0 Å². The van der Waals surface area contributed by atoms with E-state index >= 15 is 0 Å². The van der Waals surface area contributed by atoms with Crippen molar-refractivity contribution in [3.8, 4) is 0 Å². The van der Waals surface area contributed by atoms with Gasteiger partial charge in [0.2, 0.25) is 0 Å². The molecule has 1 N–H and O–H groups in total. The Hall–Kier alpha value is -0.650. The van der Waals surface area contributed by atoms with Crippen molar-refractivity contribution in [1.82, 2.24) is 0 Å². The Morgan fingerprint density at radius 1 is 1.44 bits per heavy atom. The fourth-order valence-electron chi connectivity index (χ4n) is 2.00. The van der Waals surface area contributed by atoms with E-state index in [1.807, 2.05) is 20.8 Å². The zero-order valence-electron chi connectivity index (χ0n) is 11.6. The van der Waals surface area contributed by atoms with Gasteiger partial charge in [0.1, 0.15) is 0 Å². The Morgan fingerprint density at radius 2 is 2.11 bits per heavy atom. The summed E-state index contributed by atoms with van der Waals surface area (Å²) in [6.45, 7) is 6.38. The van der Waals surface area contributed by atoms with Crippen LogP contribution in [0.2, 0.25) is 0 Å². The van der Waals surface area contributed by atoms with Crippen LogP contribution in [-0.4, -0.2) is 44.3 Å². The second-order valence-corrected chi connectivity index (χ2v) is 5.72. The van der Waals surface area contributed by atoms with Gasteiger partial charge in [-0.15, -0.1) is 0 Å². The number of methoxy groups -OCH3 is 1. The molecule has 0 spiro atoms. The molecule has 3 atom stereocenters. The second-order valence-electron chi connectivity index (χ2n) is 5.72. The van der Waals surface area contributed by atoms with E-state index in [2.05, 4.69) is 0 Å². The molecule has 0 radical (unpaired) electrons. The minimum absolute atomic E-state index is 0.00606. The van der Waals surface area contributed by atoms with E-state index in [1.165, 1.54) is 0 Å². The maximum absolute atomic E-state index is 11.7. The van der Waals surface area contributed by atoms with Crippen molar-refractivity contribution in [1.29, 1.82) is 0 Å². The Bertz CT molecular complexity index is 271. The molecule has 1 rings (SSSR count). The summed E-state index contributed by atoms with van der Waals surface area (Å²) in [6, 6.07) is 0. The monoisotopic (exact) mass is 260 g/mol. The van der Waals surface area contributed by atoms with Crippen molar-refractivity contribution < 1.29 is 24.1 Å². The molecule has 1 aliphatic heterocycles. The maximum atomic E-state index is 11.7. The minimum atomic E-state index is -0.505. The van der Waals surface area contributed by atoms with Crippen LogP contribution < -0.4 is 0 Å². The normalized spacial score (nSPS) is 28.4. The topological polar surface area (TPSA) is 65.0 Å². The van der Waals surface area contributed by atoms with Crippen LogP contribution >= 0.6 is 0 Å². The molecule has 0 aliphatic carbocycles. The fraction of sp³-hybridized carbons (Fsp3) is 0.923. The summed E-state index contributed by atoms with van der Waals surface area (Å²) < 4.78 is 16.0. The average molecular weight is 260 g/mol. The number of carbonyl (C=O) groups is 1. The number of rotatable bonds is 5. The number of ether oxygens (including phenoxy) is 3. The number of hydrogen-bond acceptors (Lipinski definition) is 5. The van der Waals surface area contributed by atoms with Crippen LogP contribution in [0.5, 0.6) is 0 Å². The standard InChI is InChI=1S/C13H24O5/c1-13(2,3)12(15)18-8-10-9(5-6-14)7-17-11(10)16-4/h9-11,14H,5-8H2,1-4H3. The molecular formula is C13H24O5. The first-order chi connectivity index (χ1) is 8.40. The van der Waals surface area contributed by atoms with Crippen molar-refractivity contribution >= 4 is 5.97 Å². The third-order valence-electron chi connectivity index (χ3n) is 3.18. The van der Waals surface area contributed by atoms with Gasteiger partial charge in [-0.1, -0.05) is 0 Å². The molecule has 1 heterocycles. The second kappa shape index (κ2) is 6.50. The van der Waals surface area contributed by atoms with Gasteiger partial charge in [-0.3, -0.25) is 4.79 Å². The third-order valence-corrected chi connectivity index (χ3v) is 3.18. The maximum Gasteiger partial charge on any atom is 0.311 e. The fourth-order valence-corrected chi connectivity index (χ4v) is 2.00. The molecule has 0 amide bonds. The first kappa shape index (κ1) is 15.4. The highest BCUT2D eigenvalue weighted by atomic mass is 16.7. The molecular weight excluding hydrogens is 236 g/mol. The molecule has 5 heteroatoms. The van der Waals surface area contributed by atoms with Crippen LogP contribution in [-0.2, 0) is 19.0 Å². The molecule has 18 heavy (non-hydrogen) atoms. The van der Waals surface area contributed by atoms with Crippen LogP contribution in [0.25, 0.3) is 0 Å². The van der Waals surface area contributed by atoms with Gasteiger partial charge < -0.3 is 19.3 Å². The van der Waals surface area contributed by atoms with E-state index in [1.54, 1.807) is 7.11 Å². The van der Waals surface area contributed by atoms with Gasteiger partial charge in [0.15, 0.2) is 6.29 Å². The number of aliphatic hydroxyl groups is 1. The smallest absolute Gasteiger partial charge is 0.311 e. The minimum Gasteiger partial charge on any atom is -0.465 e. The molecule has 106 valence electrons. The largest absolute Gasteiger partial charge is 0.465 e. The Kier molecular flexibility index (Phi) is 5.56. The summed E-state index contributed by atoms with van der Waals surface area (Å²) in [6.07, 6.45) is 0.284. The number of esters is 1. The van der Waals surface area contributed by atoms with E-state index in [0.29, 0.717) is 13.0 Å². The van der Waals surface area contributed by atoms with Crippen LogP contribution in [0, 0.1) is 17.3 Å². The van der Waals surface area contributed by atoms with E-state index in [9.17, 15) is 4.79 Å². The van der Waals surface area contributed by atoms with Gasteiger partial charge in [0.05, 0.1) is 18.6 Å². The lowest BCUT2D eigenvalue weighted by Gasteiger charge is -2.23. The molecule has 1 saturated heterocycles. The summed E-state index contributed by atoms with van der Waals surface area (Å²) in [5.74, 6) is -0.0619. The summed E-state index contributed by atoms with van der Waals surface area (Å²) in [5, 5.41) is 9.01. The van der Waals surface area contributed by atoms with Crippen LogP contribution in [0.3, 0.4) is 0 Å². The molecule has 3 unspecified atom stereocenters. The predicted octanol–water partition coefficient (Wildman–Crippen LogP) is 1.19. The van der Waals surface area contributed by atoms with Gasteiger partial charge >= 0.3 is 5.97 Å². The summed E-state index contributed by atoms with van der Waals surface area (Å²) in [7, 11) is 1.57.